The lowest BCUT2D eigenvalue weighted by atomic mass is 9.88. The van der Waals surface area contributed by atoms with Crippen LogP contribution in [-0.4, -0.2) is 18.5 Å². The number of hydrogen-bond acceptors (Lipinski definition) is 2. The normalized spacial score (nSPS) is 12.1. The van der Waals surface area contributed by atoms with Gasteiger partial charge < -0.3 is 11.1 Å². The molecule has 2 aromatic rings. The van der Waals surface area contributed by atoms with E-state index >= 15 is 0 Å². The molecule has 0 bridgehead atoms. The van der Waals surface area contributed by atoms with Crippen molar-refractivity contribution < 1.29 is 4.79 Å². The molecule has 0 heterocycles. The molecule has 1 amide bonds. The molecular weight excluding hydrogens is 284 g/mol. The number of nitrogens with one attached hydrogen (secondary N) is 1. The minimum atomic E-state index is 0.0714. The first-order chi connectivity index (χ1) is 11.2. The van der Waals surface area contributed by atoms with E-state index in [1.54, 1.807) is 0 Å². The molecule has 23 heavy (non-hydrogen) atoms. The lowest BCUT2D eigenvalue weighted by Crippen LogP contribution is -2.27. The number of nitrogens with two attached hydrogens (primary N) is 1. The number of hydrogen-bond donors (Lipinski definition) is 2. The van der Waals surface area contributed by atoms with Gasteiger partial charge in [0.05, 0.1) is 0 Å². The Kier molecular flexibility index (Phi) is 6.82. The van der Waals surface area contributed by atoms with Gasteiger partial charge in [-0.05, 0) is 30.9 Å². The Hall–Kier alpha value is -2.13. The van der Waals surface area contributed by atoms with Gasteiger partial charge >= 0.3 is 0 Å². The predicted molar refractivity (Wildman–Crippen MR) is 95.2 cm³/mol. The minimum absolute atomic E-state index is 0.0714. The van der Waals surface area contributed by atoms with Gasteiger partial charge in [0.2, 0.25) is 5.91 Å². The van der Waals surface area contributed by atoms with Crippen molar-refractivity contribution in [1.29, 1.82) is 0 Å². The molecule has 122 valence electrons. The Morgan fingerprint density at radius 2 is 1.48 bits per heavy atom. The zero-order valence-corrected chi connectivity index (χ0v) is 13.7. The van der Waals surface area contributed by atoms with Gasteiger partial charge in [-0.2, -0.15) is 0 Å². The van der Waals surface area contributed by atoms with Crippen LogP contribution < -0.4 is 11.1 Å². The monoisotopic (exact) mass is 310 g/mol. The summed E-state index contributed by atoms with van der Waals surface area (Å²) in [6, 6.07) is 21.0. The van der Waals surface area contributed by atoms with Gasteiger partial charge in [-0.1, -0.05) is 60.7 Å². The largest absolute Gasteiger partial charge is 0.356 e. The highest BCUT2D eigenvalue weighted by atomic mass is 16.1. The van der Waals surface area contributed by atoms with Crippen LogP contribution in [0.1, 0.15) is 43.2 Å². The highest BCUT2D eigenvalue weighted by molar-refractivity contribution is 5.75. The highest BCUT2D eigenvalue weighted by Gasteiger charge is 2.14. The van der Waals surface area contributed by atoms with Crippen molar-refractivity contribution in [3.05, 3.63) is 71.8 Å². The first-order valence-corrected chi connectivity index (χ1v) is 8.29. The van der Waals surface area contributed by atoms with Crippen LogP contribution in [0.5, 0.6) is 0 Å². The van der Waals surface area contributed by atoms with Crippen LogP contribution in [0.3, 0.4) is 0 Å². The summed E-state index contributed by atoms with van der Waals surface area (Å²) in [5.74, 6) is 0.383. The summed E-state index contributed by atoms with van der Waals surface area (Å²) in [6.07, 6.45) is 2.11. The fourth-order valence-corrected chi connectivity index (χ4v) is 2.70. The average Bonchev–Trinajstić information content (AvgIpc) is 2.58. The van der Waals surface area contributed by atoms with Crippen LogP contribution >= 0.6 is 0 Å². The van der Waals surface area contributed by atoms with Crippen molar-refractivity contribution in [3.63, 3.8) is 0 Å². The standard InChI is InChI=1S/C20H26N2O/c1-16(21)12-13-20(23)22-15-14-19(17-8-4-2-5-9-17)18-10-6-3-7-11-18/h2-11,16,19H,12-15,21H2,1H3,(H,22,23). The molecule has 0 aliphatic heterocycles. The summed E-state index contributed by atoms with van der Waals surface area (Å²) in [6.45, 7) is 2.60. The zero-order chi connectivity index (χ0) is 16.5. The number of carbonyl (C=O) groups is 1. The van der Waals surface area contributed by atoms with Crippen LogP contribution in [0.4, 0.5) is 0 Å². The third-order valence-corrected chi connectivity index (χ3v) is 3.99. The molecule has 3 heteroatoms. The summed E-state index contributed by atoms with van der Waals surface area (Å²) >= 11 is 0. The van der Waals surface area contributed by atoms with Crippen LogP contribution in [0.15, 0.2) is 60.7 Å². The first kappa shape index (κ1) is 17.2. The topological polar surface area (TPSA) is 55.1 Å². The van der Waals surface area contributed by atoms with Crippen molar-refractivity contribution in [2.24, 2.45) is 5.73 Å². The van der Waals surface area contributed by atoms with E-state index in [4.69, 9.17) is 5.73 Å². The highest BCUT2D eigenvalue weighted by Crippen LogP contribution is 2.27. The fraction of sp³-hybridized carbons (Fsp3) is 0.350. The van der Waals surface area contributed by atoms with Gasteiger partial charge in [-0.3, -0.25) is 4.79 Å². The molecule has 2 rings (SSSR count). The number of carbonyl (C=O) groups excluding carboxylic acids is 1. The zero-order valence-electron chi connectivity index (χ0n) is 13.7. The molecule has 3 N–H and O–H groups in total. The molecule has 0 fully saturated rings. The quantitative estimate of drug-likeness (QED) is 0.784. The minimum Gasteiger partial charge on any atom is -0.356 e. The lowest BCUT2D eigenvalue weighted by Gasteiger charge is -2.18. The summed E-state index contributed by atoms with van der Waals surface area (Å²) in [5.41, 5.74) is 8.25. The van der Waals surface area contributed by atoms with Crippen molar-refractivity contribution in [1.82, 2.24) is 5.32 Å². The van der Waals surface area contributed by atoms with Gasteiger partial charge in [0.25, 0.3) is 0 Å². The van der Waals surface area contributed by atoms with Crippen molar-refractivity contribution in [2.75, 3.05) is 6.54 Å². The number of amides is 1. The van der Waals surface area contributed by atoms with Gasteiger partial charge in [0.1, 0.15) is 0 Å². The maximum atomic E-state index is 11.8. The van der Waals surface area contributed by atoms with Crippen LogP contribution in [0.25, 0.3) is 0 Å². The third-order valence-electron chi connectivity index (χ3n) is 3.99. The van der Waals surface area contributed by atoms with E-state index in [9.17, 15) is 4.79 Å². The lowest BCUT2D eigenvalue weighted by molar-refractivity contribution is -0.121. The maximum Gasteiger partial charge on any atom is 0.220 e. The van der Waals surface area contributed by atoms with E-state index < -0.39 is 0 Å². The van der Waals surface area contributed by atoms with E-state index in [0.29, 0.717) is 18.9 Å². The molecule has 0 saturated carbocycles. The Bertz CT molecular complexity index is 542. The van der Waals surface area contributed by atoms with E-state index in [2.05, 4.69) is 53.8 Å². The molecule has 3 nitrogen and oxygen atoms in total. The van der Waals surface area contributed by atoms with E-state index in [0.717, 1.165) is 12.8 Å². The second-order valence-electron chi connectivity index (χ2n) is 6.03. The van der Waals surface area contributed by atoms with Gasteiger partial charge in [-0.15, -0.1) is 0 Å². The Morgan fingerprint density at radius 1 is 0.957 bits per heavy atom. The number of benzene rings is 2. The van der Waals surface area contributed by atoms with Gasteiger partial charge in [0, 0.05) is 24.9 Å². The second kappa shape index (κ2) is 9.11. The average molecular weight is 310 g/mol. The molecule has 0 aromatic heterocycles. The van der Waals surface area contributed by atoms with Crippen molar-refractivity contribution >= 4 is 5.91 Å². The van der Waals surface area contributed by atoms with Gasteiger partial charge in [-0.25, -0.2) is 0 Å². The van der Waals surface area contributed by atoms with Crippen LogP contribution in [-0.2, 0) is 4.79 Å². The smallest absolute Gasteiger partial charge is 0.220 e. The van der Waals surface area contributed by atoms with E-state index in [-0.39, 0.29) is 11.9 Å². The SMILES string of the molecule is CC(N)CCC(=O)NCCC(c1ccccc1)c1ccccc1. The molecule has 1 unspecified atom stereocenters. The molecule has 2 aromatic carbocycles. The van der Waals surface area contributed by atoms with E-state index in [1.807, 2.05) is 19.1 Å². The Labute approximate surface area is 138 Å². The molecule has 0 spiro atoms. The predicted octanol–water partition coefficient (Wildman–Crippen LogP) is 3.45. The molecule has 0 aliphatic rings. The van der Waals surface area contributed by atoms with Crippen LogP contribution in [0, 0.1) is 0 Å². The van der Waals surface area contributed by atoms with Gasteiger partial charge in [0.15, 0.2) is 0 Å². The maximum absolute atomic E-state index is 11.8. The summed E-state index contributed by atoms with van der Waals surface area (Å²) in [4.78, 5) is 11.8. The summed E-state index contributed by atoms with van der Waals surface area (Å²) in [5, 5.41) is 3.01. The van der Waals surface area contributed by atoms with E-state index in [1.165, 1.54) is 11.1 Å². The number of rotatable bonds is 8. The molecule has 0 saturated heterocycles. The fourth-order valence-electron chi connectivity index (χ4n) is 2.70. The van der Waals surface area contributed by atoms with Crippen LogP contribution in [0.2, 0.25) is 0 Å². The third kappa shape index (κ3) is 5.87. The molecule has 0 aliphatic carbocycles. The van der Waals surface area contributed by atoms with Crippen molar-refractivity contribution in [3.8, 4) is 0 Å². The molecular formula is C20H26N2O. The molecule has 1 atom stereocenters. The first-order valence-electron chi connectivity index (χ1n) is 8.29. The summed E-state index contributed by atoms with van der Waals surface area (Å²) in [7, 11) is 0. The second-order valence-corrected chi connectivity index (χ2v) is 6.03. The molecule has 0 radical (unpaired) electrons. The Balaban J connectivity index is 1.95. The summed E-state index contributed by atoms with van der Waals surface area (Å²) < 4.78 is 0. The van der Waals surface area contributed by atoms with Crippen molar-refractivity contribution in [2.45, 2.75) is 38.1 Å². The Morgan fingerprint density at radius 3 is 1.96 bits per heavy atom.